The van der Waals surface area contributed by atoms with Gasteiger partial charge in [-0.15, -0.1) is 12.4 Å². The molecule has 0 spiro atoms. The molecule has 0 bridgehead atoms. The molecule has 3 rings (SSSR count). The van der Waals surface area contributed by atoms with E-state index in [1.54, 1.807) is 0 Å². The standard InChI is InChI=1S/C16H27N5O.ClH/c1-10(2)15-19-14-5-4-13(9-21(14)20-15)18-16(22)12-6-7-17-11(3)8-12;/h10-13,17H,4-9H2,1-3H3,(H,18,22);1H/t11-,12-,13?;/m0./s1. The first-order chi connectivity index (χ1) is 10.5. The fourth-order valence-electron chi connectivity index (χ4n) is 3.38. The van der Waals surface area contributed by atoms with E-state index < -0.39 is 0 Å². The number of piperidine rings is 1. The van der Waals surface area contributed by atoms with Crippen LogP contribution in [0.15, 0.2) is 0 Å². The second-order valence-electron chi connectivity index (χ2n) is 7.04. The third-order valence-electron chi connectivity index (χ3n) is 4.73. The Hall–Kier alpha value is -1.14. The zero-order valence-electron chi connectivity index (χ0n) is 14.2. The Morgan fingerprint density at radius 2 is 2.17 bits per heavy atom. The van der Waals surface area contributed by atoms with Gasteiger partial charge in [-0.05, 0) is 32.7 Å². The van der Waals surface area contributed by atoms with Crippen molar-refractivity contribution in [3.63, 3.8) is 0 Å². The molecule has 0 aromatic carbocycles. The van der Waals surface area contributed by atoms with Crippen molar-refractivity contribution in [2.45, 2.75) is 71.0 Å². The summed E-state index contributed by atoms with van der Waals surface area (Å²) in [7, 11) is 0. The van der Waals surface area contributed by atoms with Crippen molar-refractivity contribution in [1.82, 2.24) is 25.4 Å². The molecule has 0 saturated carbocycles. The highest BCUT2D eigenvalue weighted by molar-refractivity contribution is 5.85. The molecule has 2 N–H and O–H groups in total. The van der Waals surface area contributed by atoms with Gasteiger partial charge in [-0.25, -0.2) is 9.67 Å². The molecule has 1 fully saturated rings. The summed E-state index contributed by atoms with van der Waals surface area (Å²) in [6.45, 7) is 8.06. The Morgan fingerprint density at radius 1 is 1.39 bits per heavy atom. The Bertz CT molecular complexity index is 545. The Balaban J connectivity index is 0.00000192. The quantitative estimate of drug-likeness (QED) is 0.876. The largest absolute Gasteiger partial charge is 0.351 e. The summed E-state index contributed by atoms with van der Waals surface area (Å²) < 4.78 is 1.98. The molecular formula is C16H28ClN5O. The van der Waals surface area contributed by atoms with E-state index in [0.29, 0.717) is 12.0 Å². The molecule has 2 aliphatic rings. The molecule has 1 amide bonds. The minimum absolute atomic E-state index is 0. The monoisotopic (exact) mass is 341 g/mol. The highest BCUT2D eigenvalue weighted by Crippen LogP contribution is 2.19. The summed E-state index contributed by atoms with van der Waals surface area (Å²) in [6.07, 6.45) is 3.73. The molecule has 7 heteroatoms. The van der Waals surface area contributed by atoms with E-state index in [0.717, 1.165) is 50.4 Å². The van der Waals surface area contributed by atoms with Crippen molar-refractivity contribution < 1.29 is 4.79 Å². The summed E-state index contributed by atoms with van der Waals surface area (Å²) in [5.74, 6) is 2.69. The lowest BCUT2D eigenvalue weighted by atomic mass is 9.92. The predicted octanol–water partition coefficient (Wildman–Crippen LogP) is 1.64. The first kappa shape index (κ1) is 18.2. The van der Waals surface area contributed by atoms with E-state index in [9.17, 15) is 4.79 Å². The number of rotatable bonds is 3. The van der Waals surface area contributed by atoms with Gasteiger partial charge < -0.3 is 10.6 Å². The maximum Gasteiger partial charge on any atom is 0.223 e. The maximum atomic E-state index is 12.5. The van der Waals surface area contributed by atoms with Gasteiger partial charge in [-0.3, -0.25) is 4.79 Å². The van der Waals surface area contributed by atoms with E-state index in [-0.39, 0.29) is 30.3 Å². The molecule has 23 heavy (non-hydrogen) atoms. The topological polar surface area (TPSA) is 71.8 Å². The SMILES string of the molecule is CC(C)c1nc2n(n1)CC(NC(=O)[C@H]1CCN[C@@H](C)C1)CC2.Cl. The fraction of sp³-hybridized carbons (Fsp3) is 0.812. The molecule has 130 valence electrons. The number of nitrogens with one attached hydrogen (secondary N) is 2. The highest BCUT2D eigenvalue weighted by atomic mass is 35.5. The van der Waals surface area contributed by atoms with Crippen LogP contribution in [-0.4, -0.2) is 39.3 Å². The van der Waals surface area contributed by atoms with Crippen LogP contribution in [0.3, 0.4) is 0 Å². The van der Waals surface area contributed by atoms with Crippen LogP contribution in [0.4, 0.5) is 0 Å². The van der Waals surface area contributed by atoms with Crippen molar-refractivity contribution in [3.05, 3.63) is 11.6 Å². The zero-order chi connectivity index (χ0) is 15.7. The highest BCUT2D eigenvalue weighted by Gasteiger charge is 2.28. The number of hydrogen-bond acceptors (Lipinski definition) is 4. The van der Waals surface area contributed by atoms with Gasteiger partial charge in [0.15, 0.2) is 5.82 Å². The summed E-state index contributed by atoms with van der Waals surface area (Å²) in [5.41, 5.74) is 0. The van der Waals surface area contributed by atoms with Gasteiger partial charge >= 0.3 is 0 Å². The number of aromatic nitrogens is 3. The average Bonchev–Trinajstić information content (AvgIpc) is 2.90. The number of fused-ring (bicyclic) bond motifs is 1. The van der Waals surface area contributed by atoms with Crippen LogP contribution in [0.25, 0.3) is 0 Å². The molecule has 1 saturated heterocycles. The minimum atomic E-state index is 0. The van der Waals surface area contributed by atoms with Crippen LogP contribution in [0.5, 0.6) is 0 Å². The molecule has 6 nitrogen and oxygen atoms in total. The van der Waals surface area contributed by atoms with E-state index in [1.807, 2.05) is 4.68 Å². The number of carbonyl (C=O) groups is 1. The van der Waals surface area contributed by atoms with Gasteiger partial charge in [-0.1, -0.05) is 13.8 Å². The number of nitrogens with zero attached hydrogens (tertiary/aromatic N) is 3. The van der Waals surface area contributed by atoms with E-state index in [1.165, 1.54) is 0 Å². The van der Waals surface area contributed by atoms with Gasteiger partial charge in [-0.2, -0.15) is 5.10 Å². The van der Waals surface area contributed by atoms with Crippen molar-refractivity contribution in [2.24, 2.45) is 5.92 Å². The Kier molecular flexibility index (Phi) is 6.03. The lowest BCUT2D eigenvalue weighted by Gasteiger charge is -2.30. The van der Waals surface area contributed by atoms with Crippen LogP contribution in [0.1, 0.15) is 57.6 Å². The number of amides is 1. The van der Waals surface area contributed by atoms with Crippen molar-refractivity contribution >= 4 is 18.3 Å². The second-order valence-corrected chi connectivity index (χ2v) is 7.04. The molecule has 3 atom stereocenters. The van der Waals surface area contributed by atoms with Crippen molar-refractivity contribution in [3.8, 4) is 0 Å². The number of aryl methyl sites for hydroxylation is 1. The van der Waals surface area contributed by atoms with Gasteiger partial charge in [0.05, 0.1) is 6.54 Å². The van der Waals surface area contributed by atoms with E-state index >= 15 is 0 Å². The smallest absolute Gasteiger partial charge is 0.223 e. The summed E-state index contributed by atoms with van der Waals surface area (Å²) >= 11 is 0. The predicted molar refractivity (Wildman–Crippen MR) is 91.8 cm³/mol. The molecule has 0 radical (unpaired) electrons. The van der Waals surface area contributed by atoms with Gasteiger partial charge in [0.25, 0.3) is 0 Å². The molecule has 1 aromatic heterocycles. The van der Waals surface area contributed by atoms with Crippen LogP contribution in [-0.2, 0) is 17.8 Å². The van der Waals surface area contributed by atoms with E-state index in [4.69, 9.17) is 0 Å². The van der Waals surface area contributed by atoms with Crippen LogP contribution >= 0.6 is 12.4 Å². The minimum Gasteiger partial charge on any atom is -0.351 e. The second kappa shape index (κ2) is 7.62. The van der Waals surface area contributed by atoms with Gasteiger partial charge in [0.1, 0.15) is 5.82 Å². The molecular weight excluding hydrogens is 314 g/mol. The average molecular weight is 342 g/mol. The lowest BCUT2D eigenvalue weighted by molar-refractivity contribution is -0.127. The van der Waals surface area contributed by atoms with Crippen LogP contribution in [0.2, 0.25) is 0 Å². The maximum absolute atomic E-state index is 12.5. The molecule has 1 unspecified atom stereocenters. The molecule has 0 aliphatic carbocycles. The summed E-state index contributed by atoms with van der Waals surface area (Å²) in [5, 5.41) is 11.2. The summed E-state index contributed by atoms with van der Waals surface area (Å²) in [6, 6.07) is 0.623. The van der Waals surface area contributed by atoms with Crippen LogP contribution < -0.4 is 10.6 Å². The molecule has 3 heterocycles. The number of hydrogen-bond donors (Lipinski definition) is 2. The van der Waals surface area contributed by atoms with Crippen molar-refractivity contribution in [2.75, 3.05) is 6.54 Å². The normalized spacial score (nSPS) is 27.2. The zero-order valence-corrected chi connectivity index (χ0v) is 15.0. The molecule has 2 aliphatic heterocycles. The fourth-order valence-corrected chi connectivity index (χ4v) is 3.38. The Morgan fingerprint density at radius 3 is 2.87 bits per heavy atom. The number of halogens is 1. The van der Waals surface area contributed by atoms with E-state index in [2.05, 4.69) is 41.5 Å². The van der Waals surface area contributed by atoms with Gasteiger partial charge in [0, 0.05) is 30.3 Å². The number of carbonyl (C=O) groups excluding carboxylic acids is 1. The van der Waals surface area contributed by atoms with Crippen molar-refractivity contribution in [1.29, 1.82) is 0 Å². The first-order valence-corrected chi connectivity index (χ1v) is 8.50. The van der Waals surface area contributed by atoms with Gasteiger partial charge in [0.2, 0.25) is 5.91 Å². The van der Waals surface area contributed by atoms with Crippen LogP contribution in [0, 0.1) is 5.92 Å². The lowest BCUT2D eigenvalue weighted by Crippen LogP contribution is -2.47. The molecule has 1 aromatic rings. The Labute approximate surface area is 144 Å². The summed E-state index contributed by atoms with van der Waals surface area (Å²) in [4.78, 5) is 17.0. The third kappa shape index (κ3) is 4.23. The third-order valence-corrected chi connectivity index (χ3v) is 4.73. The first-order valence-electron chi connectivity index (χ1n) is 8.50.